The SMILES string of the molecule is NC(Br)C(CCl)N1CCOCC1. The van der Waals surface area contributed by atoms with Crippen LogP contribution >= 0.6 is 27.5 Å². The predicted molar refractivity (Wildman–Crippen MR) is 53.8 cm³/mol. The molecule has 2 N–H and O–H groups in total. The van der Waals surface area contributed by atoms with Gasteiger partial charge >= 0.3 is 0 Å². The summed E-state index contributed by atoms with van der Waals surface area (Å²) in [6.07, 6.45) is 0. The molecule has 12 heavy (non-hydrogen) atoms. The van der Waals surface area contributed by atoms with E-state index in [9.17, 15) is 0 Å². The van der Waals surface area contributed by atoms with Crippen molar-refractivity contribution in [1.29, 1.82) is 0 Å². The molecule has 0 bridgehead atoms. The first-order chi connectivity index (χ1) is 5.75. The summed E-state index contributed by atoms with van der Waals surface area (Å²) in [6.45, 7) is 3.42. The number of hydrogen-bond donors (Lipinski definition) is 1. The highest BCUT2D eigenvalue weighted by atomic mass is 79.9. The van der Waals surface area contributed by atoms with E-state index in [-0.39, 0.29) is 11.0 Å². The van der Waals surface area contributed by atoms with Gasteiger partial charge < -0.3 is 10.5 Å². The smallest absolute Gasteiger partial charge is 0.0775 e. The first kappa shape index (κ1) is 10.7. The van der Waals surface area contributed by atoms with Gasteiger partial charge in [0.25, 0.3) is 0 Å². The third-order valence-electron chi connectivity index (χ3n) is 2.04. The van der Waals surface area contributed by atoms with Crippen LogP contribution in [0.2, 0.25) is 0 Å². The van der Waals surface area contributed by atoms with Gasteiger partial charge in [0.2, 0.25) is 0 Å². The lowest BCUT2D eigenvalue weighted by Crippen LogP contribution is -2.50. The summed E-state index contributed by atoms with van der Waals surface area (Å²) in [5, 5.41) is 0. The second-order valence-electron chi connectivity index (χ2n) is 2.81. The van der Waals surface area contributed by atoms with Gasteiger partial charge in [-0.25, -0.2) is 0 Å². The van der Waals surface area contributed by atoms with Crippen LogP contribution < -0.4 is 5.73 Å². The Morgan fingerprint density at radius 1 is 1.50 bits per heavy atom. The Bertz CT molecular complexity index is 131. The van der Waals surface area contributed by atoms with Crippen molar-refractivity contribution < 1.29 is 4.74 Å². The largest absolute Gasteiger partial charge is 0.379 e. The normalized spacial score (nSPS) is 25.2. The van der Waals surface area contributed by atoms with Crippen molar-refractivity contribution in [2.45, 2.75) is 11.0 Å². The molecule has 1 aliphatic rings. The van der Waals surface area contributed by atoms with Crippen LogP contribution in [0.1, 0.15) is 0 Å². The molecular weight excluding hydrogens is 243 g/mol. The Balaban J connectivity index is 2.40. The Morgan fingerprint density at radius 2 is 2.08 bits per heavy atom. The lowest BCUT2D eigenvalue weighted by atomic mass is 10.2. The molecule has 1 heterocycles. The van der Waals surface area contributed by atoms with Crippen molar-refractivity contribution in [3.05, 3.63) is 0 Å². The number of rotatable bonds is 3. The molecule has 72 valence electrons. The fraction of sp³-hybridized carbons (Fsp3) is 1.00. The van der Waals surface area contributed by atoms with Gasteiger partial charge in [0.1, 0.15) is 0 Å². The third kappa shape index (κ3) is 2.85. The lowest BCUT2D eigenvalue weighted by Gasteiger charge is -2.34. The standard InChI is InChI=1S/C7H14BrClN2O/c8-7(10)6(5-9)11-1-3-12-4-2-11/h6-7H,1-5,10H2. The molecule has 0 aromatic rings. The molecule has 0 aromatic carbocycles. The summed E-state index contributed by atoms with van der Waals surface area (Å²) in [6, 6.07) is 0.218. The van der Waals surface area contributed by atoms with E-state index in [2.05, 4.69) is 20.8 Å². The Morgan fingerprint density at radius 3 is 2.50 bits per heavy atom. The van der Waals surface area contributed by atoms with E-state index in [1.165, 1.54) is 0 Å². The second-order valence-corrected chi connectivity index (χ2v) is 4.18. The summed E-state index contributed by atoms with van der Waals surface area (Å²) in [5.74, 6) is 0.562. The van der Waals surface area contributed by atoms with Gasteiger partial charge in [-0.3, -0.25) is 4.90 Å². The molecule has 5 heteroatoms. The predicted octanol–water partition coefficient (Wildman–Crippen LogP) is 0.606. The summed E-state index contributed by atoms with van der Waals surface area (Å²) in [4.78, 5) is 2.21. The maximum absolute atomic E-state index is 5.80. The monoisotopic (exact) mass is 256 g/mol. The molecule has 0 aromatic heterocycles. The van der Waals surface area contributed by atoms with E-state index in [0.717, 1.165) is 26.3 Å². The zero-order valence-electron chi connectivity index (χ0n) is 6.88. The van der Waals surface area contributed by atoms with E-state index >= 15 is 0 Å². The number of halogens is 2. The molecule has 2 atom stereocenters. The maximum Gasteiger partial charge on any atom is 0.0775 e. The van der Waals surface area contributed by atoms with Crippen molar-refractivity contribution in [2.24, 2.45) is 5.73 Å². The van der Waals surface area contributed by atoms with Crippen molar-refractivity contribution >= 4 is 27.5 Å². The minimum atomic E-state index is -0.0481. The number of morpholine rings is 1. The van der Waals surface area contributed by atoms with Crippen molar-refractivity contribution in [3.63, 3.8) is 0 Å². The van der Waals surface area contributed by atoms with Crippen LogP contribution in [-0.2, 0) is 4.74 Å². The first-order valence-electron chi connectivity index (χ1n) is 4.03. The lowest BCUT2D eigenvalue weighted by molar-refractivity contribution is 0.0212. The summed E-state index contributed by atoms with van der Waals surface area (Å²) < 4.78 is 5.23. The van der Waals surface area contributed by atoms with E-state index in [0.29, 0.717) is 5.88 Å². The van der Waals surface area contributed by atoms with Gasteiger partial charge in [-0.05, 0) is 0 Å². The van der Waals surface area contributed by atoms with Crippen LogP contribution in [0.4, 0.5) is 0 Å². The fourth-order valence-electron chi connectivity index (χ4n) is 1.29. The number of nitrogens with zero attached hydrogens (tertiary/aromatic N) is 1. The highest BCUT2D eigenvalue weighted by Gasteiger charge is 2.23. The average molecular weight is 258 g/mol. The van der Waals surface area contributed by atoms with Crippen LogP contribution in [0.3, 0.4) is 0 Å². The first-order valence-corrected chi connectivity index (χ1v) is 5.48. The Hall–Kier alpha value is 0.650. The topological polar surface area (TPSA) is 38.5 Å². The van der Waals surface area contributed by atoms with Crippen LogP contribution in [-0.4, -0.2) is 48.1 Å². The Kier molecular flexibility index (Phi) is 4.82. The van der Waals surface area contributed by atoms with Gasteiger partial charge in [0.05, 0.1) is 18.2 Å². The number of ether oxygens (including phenoxy) is 1. The molecule has 1 fully saturated rings. The number of alkyl halides is 2. The maximum atomic E-state index is 5.80. The van der Waals surface area contributed by atoms with Crippen LogP contribution in [0, 0.1) is 0 Å². The van der Waals surface area contributed by atoms with Crippen molar-refractivity contribution in [1.82, 2.24) is 4.90 Å². The third-order valence-corrected chi connectivity index (χ3v) is 2.97. The van der Waals surface area contributed by atoms with Crippen LogP contribution in [0.25, 0.3) is 0 Å². The quantitative estimate of drug-likeness (QED) is 0.595. The highest BCUT2D eigenvalue weighted by molar-refractivity contribution is 9.09. The minimum absolute atomic E-state index is 0.0481. The van der Waals surface area contributed by atoms with Gasteiger partial charge in [-0.2, -0.15) is 0 Å². The van der Waals surface area contributed by atoms with Crippen LogP contribution in [0.15, 0.2) is 0 Å². The van der Waals surface area contributed by atoms with Gasteiger partial charge in [0, 0.05) is 25.0 Å². The van der Waals surface area contributed by atoms with Crippen LogP contribution in [0.5, 0.6) is 0 Å². The second kappa shape index (κ2) is 5.40. The molecule has 0 radical (unpaired) electrons. The van der Waals surface area contributed by atoms with Gasteiger partial charge in [-0.1, -0.05) is 15.9 Å². The molecule has 0 amide bonds. The Labute approximate surface area is 86.3 Å². The average Bonchev–Trinajstić information content (AvgIpc) is 2.07. The number of nitrogens with two attached hydrogens (primary N) is 1. The van der Waals surface area contributed by atoms with E-state index in [4.69, 9.17) is 22.1 Å². The molecule has 3 nitrogen and oxygen atoms in total. The van der Waals surface area contributed by atoms with Gasteiger partial charge in [0.15, 0.2) is 0 Å². The zero-order valence-corrected chi connectivity index (χ0v) is 9.22. The molecule has 0 aliphatic carbocycles. The number of hydrogen-bond acceptors (Lipinski definition) is 3. The molecule has 0 spiro atoms. The molecular formula is C7H14BrClN2O. The summed E-state index contributed by atoms with van der Waals surface area (Å²) in [7, 11) is 0. The molecule has 2 unspecified atom stereocenters. The van der Waals surface area contributed by atoms with E-state index in [1.54, 1.807) is 0 Å². The molecule has 1 rings (SSSR count). The molecule has 1 saturated heterocycles. The van der Waals surface area contributed by atoms with Crippen molar-refractivity contribution in [3.8, 4) is 0 Å². The fourth-order valence-corrected chi connectivity index (χ4v) is 2.42. The highest BCUT2D eigenvalue weighted by Crippen LogP contribution is 2.11. The van der Waals surface area contributed by atoms with E-state index in [1.807, 2.05) is 0 Å². The van der Waals surface area contributed by atoms with Crippen molar-refractivity contribution in [2.75, 3.05) is 32.2 Å². The molecule has 0 saturated carbocycles. The minimum Gasteiger partial charge on any atom is -0.379 e. The summed E-state index contributed by atoms with van der Waals surface area (Å²) in [5.41, 5.74) is 5.73. The van der Waals surface area contributed by atoms with Gasteiger partial charge in [-0.15, -0.1) is 11.6 Å². The molecule has 1 aliphatic heterocycles. The summed E-state index contributed by atoms with van der Waals surface area (Å²) >= 11 is 9.15. The van der Waals surface area contributed by atoms with E-state index < -0.39 is 0 Å². The zero-order chi connectivity index (χ0) is 8.97.